The van der Waals surface area contributed by atoms with E-state index in [1.54, 1.807) is 4.90 Å². The van der Waals surface area contributed by atoms with Gasteiger partial charge in [-0.2, -0.15) is 0 Å². The quantitative estimate of drug-likeness (QED) is 0.556. The zero-order valence-electron chi connectivity index (χ0n) is 14.2. The van der Waals surface area contributed by atoms with E-state index in [9.17, 15) is 23.1 Å². The first kappa shape index (κ1) is 19.9. The van der Waals surface area contributed by atoms with Gasteiger partial charge in [0, 0.05) is 32.7 Å². The number of carboxylic acid groups (broad SMARTS) is 1. The normalized spacial score (nSPS) is 16.9. The number of hydrogen-bond acceptors (Lipinski definition) is 7. The van der Waals surface area contributed by atoms with Crippen molar-refractivity contribution >= 4 is 22.1 Å². The van der Waals surface area contributed by atoms with E-state index in [1.165, 1.54) is 36.3 Å². The van der Waals surface area contributed by atoms with Gasteiger partial charge in [0.2, 0.25) is 10.0 Å². The Balaban J connectivity index is 2.05. The summed E-state index contributed by atoms with van der Waals surface area (Å²) in [7, 11) is -2.67. The predicted molar refractivity (Wildman–Crippen MR) is 90.3 cm³/mol. The summed E-state index contributed by atoms with van der Waals surface area (Å²) in [5, 5.41) is 18.2. The summed E-state index contributed by atoms with van der Waals surface area (Å²) in [6.07, 6.45) is -1.03. The molecule has 0 unspecified atom stereocenters. The number of hydrogen-bond donors (Lipinski definition) is 3. The molecule has 3 N–H and O–H groups in total. The van der Waals surface area contributed by atoms with E-state index < -0.39 is 28.1 Å². The van der Waals surface area contributed by atoms with Crippen LogP contribution in [0.5, 0.6) is 5.75 Å². The maximum atomic E-state index is 12.3. The molecule has 1 fully saturated rings. The zero-order valence-corrected chi connectivity index (χ0v) is 15.0. The van der Waals surface area contributed by atoms with Gasteiger partial charge in [0.15, 0.2) is 0 Å². The summed E-state index contributed by atoms with van der Waals surface area (Å²) in [5.41, 5.74) is 0. The molecule has 10 nitrogen and oxygen atoms in total. The topological polar surface area (TPSA) is 136 Å². The van der Waals surface area contributed by atoms with Crippen molar-refractivity contribution in [3.63, 3.8) is 0 Å². The fraction of sp³-hybridized carbons (Fsp3) is 0.467. The molecule has 1 aromatic rings. The Labute approximate surface area is 151 Å². The lowest BCUT2D eigenvalue weighted by Crippen LogP contribution is -2.57. The highest BCUT2D eigenvalue weighted by Crippen LogP contribution is 2.15. The highest BCUT2D eigenvalue weighted by atomic mass is 32.2. The van der Waals surface area contributed by atoms with Crippen molar-refractivity contribution in [3.05, 3.63) is 24.3 Å². The van der Waals surface area contributed by atoms with Gasteiger partial charge >= 0.3 is 12.1 Å². The van der Waals surface area contributed by atoms with Gasteiger partial charge in [0.25, 0.3) is 0 Å². The number of benzene rings is 1. The molecule has 144 valence electrons. The number of phenolic OH excluding ortho intramolecular Hbond substituents is 1. The van der Waals surface area contributed by atoms with Gasteiger partial charge in [-0.15, -0.1) is 0 Å². The molecule has 0 aromatic heterocycles. The molecule has 0 aliphatic carbocycles. The van der Waals surface area contributed by atoms with Crippen molar-refractivity contribution in [1.29, 1.82) is 0 Å². The third-order valence-corrected chi connectivity index (χ3v) is 5.55. The summed E-state index contributed by atoms with van der Waals surface area (Å²) in [5.74, 6) is -0.671. The monoisotopic (exact) mass is 387 g/mol. The van der Waals surface area contributed by atoms with Crippen LogP contribution in [-0.4, -0.2) is 86.4 Å². The summed E-state index contributed by atoms with van der Waals surface area (Å²) in [6.45, 7) is 0.782. The van der Waals surface area contributed by atoms with Crippen LogP contribution in [0.3, 0.4) is 0 Å². The molecule has 1 saturated heterocycles. The minimum atomic E-state index is -3.88. The van der Waals surface area contributed by atoms with Crippen molar-refractivity contribution in [3.8, 4) is 5.75 Å². The maximum absolute atomic E-state index is 12.3. The molecule has 2 rings (SSSR count). The number of carbonyl (C=O) groups is 2. The number of esters is 1. The Morgan fingerprint density at radius 1 is 1.19 bits per heavy atom. The van der Waals surface area contributed by atoms with Crippen molar-refractivity contribution < 1.29 is 33.0 Å². The minimum Gasteiger partial charge on any atom is -0.508 e. The molecule has 26 heavy (non-hydrogen) atoms. The van der Waals surface area contributed by atoms with Crippen LogP contribution in [0.4, 0.5) is 4.79 Å². The molecule has 0 spiro atoms. The Kier molecular flexibility index (Phi) is 6.40. The Morgan fingerprint density at radius 3 is 2.27 bits per heavy atom. The van der Waals surface area contributed by atoms with E-state index in [-0.39, 0.29) is 43.4 Å². The smallest absolute Gasteiger partial charge is 0.407 e. The highest BCUT2D eigenvalue weighted by molar-refractivity contribution is 7.89. The van der Waals surface area contributed by atoms with Gasteiger partial charge in [0.05, 0.1) is 12.0 Å². The van der Waals surface area contributed by atoms with E-state index >= 15 is 0 Å². The second kappa shape index (κ2) is 8.34. The predicted octanol–water partition coefficient (Wildman–Crippen LogP) is -0.492. The van der Waals surface area contributed by atoms with Gasteiger partial charge in [-0.1, -0.05) is 0 Å². The number of aromatic hydroxyl groups is 1. The van der Waals surface area contributed by atoms with Crippen LogP contribution in [-0.2, 0) is 19.6 Å². The first-order chi connectivity index (χ1) is 12.2. The van der Waals surface area contributed by atoms with Gasteiger partial charge in [0.1, 0.15) is 11.8 Å². The number of methoxy groups -OCH3 is 1. The van der Waals surface area contributed by atoms with Crippen molar-refractivity contribution in [2.45, 2.75) is 10.9 Å². The van der Waals surface area contributed by atoms with E-state index in [1.807, 2.05) is 0 Å². The van der Waals surface area contributed by atoms with Crippen LogP contribution in [0.25, 0.3) is 0 Å². The molecular formula is C15H21N3O7S. The molecule has 1 aliphatic heterocycles. The number of carbonyl (C=O) groups excluding carboxylic acids is 1. The number of nitrogens with one attached hydrogen (secondary N) is 1. The van der Waals surface area contributed by atoms with Crippen LogP contribution in [0.1, 0.15) is 0 Å². The van der Waals surface area contributed by atoms with E-state index in [2.05, 4.69) is 4.72 Å². The Bertz CT molecular complexity index is 743. The summed E-state index contributed by atoms with van der Waals surface area (Å²) >= 11 is 0. The maximum Gasteiger partial charge on any atom is 0.407 e. The average molecular weight is 387 g/mol. The van der Waals surface area contributed by atoms with Crippen LogP contribution < -0.4 is 4.72 Å². The Morgan fingerprint density at radius 2 is 1.77 bits per heavy atom. The lowest BCUT2D eigenvalue weighted by molar-refractivity contribution is -0.147. The molecular weight excluding hydrogens is 366 g/mol. The van der Waals surface area contributed by atoms with E-state index in [0.29, 0.717) is 0 Å². The average Bonchev–Trinajstić information content (AvgIpc) is 2.62. The highest BCUT2D eigenvalue weighted by Gasteiger charge is 2.32. The lowest BCUT2D eigenvalue weighted by Gasteiger charge is -2.36. The van der Waals surface area contributed by atoms with E-state index in [0.717, 1.165) is 0 Å². The zero-order chi connectivity index (χ0) is 19.3. The molecule has 11 heteroatoms. The van der Waals surface area contributed by atoms with Crippen molar-refractivity contribution in [2.75, 3.05) is 39.8 Å². The summed E-state index contributed by atoms with van der Waals surface area (Å²) < 4.78 is 31.8. The second-order valence-electron chi connectivity index (χ2n) is 5.69. The van der Waals surface area contributed by atoms with Gasteiger partial charge in [-0.05, 0) is 24.3 Å². The largest absolute Gasteiger partial charge is 0.508 e. The summed E-state index contributed by atoms with van der Waals surface area (Å²) in [6, 6.07) is 4.12. The molecule has 0 saturated carbocycles. The molecule has 1 amide bonds. The fourth-order valence-electron chi connectivity index (χ4n) is 2.62. The number of rotatable bonds is 6. The number of sulfonamides is 1. The molecule has 0 radical (unpaired) electrons. The molecule has 1 heterocycles. The van der Waals surface area contributed by atoms with Crippen molar-refractivity contribution in [2.24, 2.45) is 0 Å². The standard InChI is InChI=1S/C15H21N3O7S/c1-25-14(20)13(17-6-8-18(9-7-17)15(21)22)10-16-26(23,24)12-4-2-11(19)3-5-12/h2-5,13,16,19H,6-10H2,1H3,(H,21,22)/t13-/m0/s1. The van der Waals surface area contributed by atoms with Crippen LogP contribution >= 0.6 is 0 Å². The number of nitrogens with zero attached hydrogens (tertiary/aromatic N) is 2. The number of ether oxygens (including phenoxy) is 1. The second-order valence-corrected chi connectivity index (χ2v) is 7.46. The van der Waals surface area contributed by atoms with Gasteiger partial charge in [-0.3, -0.25) is 9.69 Å². The SMILES string of the molecule is COC(=O)[C@H](CNS(=O)(=O)c1ccc(O)cc1)N1CCN(C(=O)O)CC1. The molecule has 1 atom stereocenters. The molecule has 0 bridgehead atoms. The third kappa shape index (κ3) is 4.84. The Hall–Kier alpha value is -2.37. The first-order valence-corrected chi connectivity index (χ1v) is 9.31. The van der Waals surface area contributed by atoms with E-state index in [4.69, 9.17) is 9.84 Å². The van der Waals surface area contributed by atoms with Crippen molar-refractivity contribution in [1.82, 2.24) is 14.5 Å². The lowest BCUT2D eigenvalue weighted by atomic mass is 10.2. The van der Waals surface area contributed by atoms with Crippen LogP contribution in [0, 0.1) is 0 Å². The van der Waals surface area contributed by atoms with Crippen LogP contribution in [0.15, 0.2) is 29.2 Å². The number of amides is 1. The van der Waals surface area contributed by atoms with Gasteiger partial charge in [-0.25, -0.2) is 17.9 Å². The minimum absolute atomic E-state index is 0.0467. The van der Waals surface area contributed by atoms with Gasteiger partial charge < -0.3 is 19.8 Å². The summed E-state index contributed by atoms with van der Waals surface area (Å²) in [4.78, 5) is 25.9. The number of piperazine rings is 1. The molecule has 1 aromatic carbocycles. The molecule has 1 aliphatic rings. The first-order valence-electron chi connectivity index (χ1n) is 7.83. The fourth-order valence-corrected chi connectivity index (χ4v) is 3.66. The number of phenols is 1. The van der Waals surface area contributed by atoms with Crippen LogP contribution in [0.2, 0.25) is 0 Å². The third-order valence-electron chi connectivity index (χ3n) is 4.11.